The molecule has 0 unspecified atom stereocenters. The SMILES string of the molecule is CC(C)CC(=O)N1CCOC(=O)C1(C)C. The van der Waals surface area contributed by atoms with Crippen molar-refractivity contribution in [2.45, 2.75) is 39.7 Å². The van der Waals surface area contributed by atoms with Gasteiger partial charge in [-0.25, -0.2) is 4.79 Å². The minimum Gasteiger partial charge on any atom is -0.462 e. The first-order valence-corrected chi connectivity index (χ1v) is 5.33. The molecule has 1 saturated heterocycles. The average molecular weight is 213 g/mol. The van der Waals surface area contributed by atoms with Gasteiger partial charge in [-0.05, 0) is 19.8 Å². The van der Waals surface area contributed by atoms with Crippen LogP contribution in [0.1, 0.15) is 34.1 Å². The van der Waals surface area contributed by atoms with Crippen LogP contribution in [0.25, 0.3) is 0 Å². The zero-order chi connectivity index (χ0) is 11.6. The molecule has 86 valence electrons. The van der Waals surface area contributed by atoms with Crippen molar-refractivity contribution < 1.29 is 14.3 Å². The number of esters is 1. The normalized spacial score (nSPS) is 20.3. The minimum atomic E-state index is -0.815. The third-order valence-electron chi connectivity index (χ3n) is 2.61. The molecule has 0 aromatic carbocycles. The first-order chi connectivity index (χ1) is 6.85. The molecule has 1 heterocycles. The van der Waals surface area contributed by atoms with Crippen molar-refractivity contribution in [2.75, 3.05) is 13.2 Å². The van der Waals surface area contributed by atoms with Gasteiger partial charge in [0, 0.05) is 6.42 Å². The van der Waals surface area contributed by atoms with Gasteiger partial charge in [-0.1, -0.05) is 13.8 Å². The standard InChI is InChI=1S/C11H19NO3/c1-8(2)7-9(13)12-5-6-15-10(14)11(12,3)4/h8H,5-7H2,1-4H3. The van der Waals surface area contributed by atoms with Crippen molar-refractivity contribution in [3.63, 3.8) is 0 Å². The second-order valence-electron chi connectivity index (χ2n) is 4.84. The maximum absolute atomic E-state index is 11.9. The van der Waals surface area contributed by atoms with Crippen LogP contribution in [0.15, 0.2) is 0 Å². The van der Waals surface area contributed by atoms with Gasteiger partial charge >= 0.3 is 5.97 Å². The Balaban J connectivity index is 2.75. The summed E-state index contributed by atoms with van der Waals surface area (Å²) >= 11 is 0. The van der Waals surface area contributed by atoms with Gasteiger partial charge in [0.25, 0.3) is 0 Å². The molecule has 0 saturated carbocycles. The van der Waals surface area contributed by atoms with Gasteiger partial charge in [0.1, 0.15) is 12.1 Å². The van der Waals surface area contributed by atoms with Gasteiger partial charge in [0.15, 0.2) is 0 Å². The summed E-state index contributed by atoms with van der Waals surface area (Å²) in [5, 5.41) is 0. The van der Waals surface area contributed by atoms with Gasteiger partial charge in [-0.2, -0.15) is 0 Å². The largest absolute Gasteiger partial charge is 0.462 e. The lowest BCUT2D eigenvalue weighted by atomic mass is 9.99. The molecule has 0 spiro atoms. The number of rotatable bonds is 2. The Labute approximate surface area is 90.6 Å². The minimum absolute atomic E-state index is 0.0339. The molecule has 0 radical (unpaired) electrons. The Morgan fingerprint density at radius 1 is 1.53 bits per heavy atom. The Morgan fingerprint density at radius 3 is 2.67 bits per heavy atom. The van der Waals surface area contributed by atoms with Gasteiger partial charge in [0.2, 0.25) is 5.91 Å². The number of hydrogen-bond donors (Lipinski definition) is 0. The average Bonchev–Trinajstić information content (AvgIpc) is 2.08. The van der Waals surface area contributed by atoms with Crippen molar-refractivity contribution in [3.8, 4) is 0 Å². The van der Waals surface area contributed by atoms with Gasteiger partial charge in [-0.15, -0.1) is 0 Å². The van der Waals surface area contributed by atoms with E-state index < -0.39 is 5.54 Å². The highest BCUT2D eigenvalue weighted by Crippen LogP contribution is 2.22. The van der Waals surface area contributed by atoms with E-state index in [1.807, 2.05) is 13.8 Å². The van der Waals surface area contributed by atoms with Crippen LogP contribution in [0.5, 0.6) is 0 Å². The van der Waals surface area contributed by atoms with E-state index in [1.165, 1.54) is 0 Å². The fourth-order valence-electron chi connectivity index (χ4n) is 1.69. The van der Waals surface area contributed by atoms with Crippen molar-refractivity contribution >= 4 is 11.9 Å². The summed E-state index contributed by atoms with van der Waals surface area (Å²) in [4.78, 5) is 25.0. The Bertz CT molecular complexity index is 271. The summed E-state index contributed by atoms with van der Waals surface area (Å²) < 4.78 is 4.95. The lowest BCUT2D eigenvalue weighted by molar-refractivity contribution is -0.172. The number of carbonyl (C=O) groups excluding carboxylic acids is 2. The van der Waals surface area contributed by atoms with Crippen molar-refractivity contribution in [1.29, 1.82) is 0 Å². The molecule has 0 N–H and O–H groups in total. The highest BCUT2D eigenvalue weighted by Gasteiger charge is 2.41. The number of carbonyl (C=O) groups is 2. The summed E-state index contributed by atoms with van der Waals surface area (Å²) in [5.41, 5.74) is -0.815. The number of cyclic esters (lactones) is 1. The third kappa shape index (κ3) is 2.49. The summed E-state index contributed by atoms with van der Waals surface area (Å²) in [7, 11) is 0. The molecule has 1 amide bonds. The number of hydrogen-bond acceptors (Lipinski definition) is 3. The van der Waals surface area contributed by atoms with Crippen molar-refractivity contribution in [3.05, 3.63) is 0 Å². The highest BCUT2D eigenvalue weighted by atomic mass is 16.5. The molecule has 1 aliphatic rings. The van der Waals surface area contributed by atoms with Crippen LogP contribution in [-0.4, -0.2) is 35.5 Å². The van der Waals surface area contributed by atoms with Crippen LogP contribution >= 0.6 is 0 Å². The van der Waals surface area contributed by atoms with Crippen LogP contribution in [0, 0.1) is 5.92 Å². The maximum Gasteiger partial charge on any atom is 0.331 e. The number of morpholine rings is 1. The predicted octanol–water partition coefficient (Wildman–Crippen LogP) is 1.20. The zero-order valence-corrected chi connectivity index (χ0v) is 9.87. The van der Waals surface area contributed by atoms with E-state index in [0.717, 1.165) is 0 Å². The van der Waals surface area contributed by atoms with E-state index in [1.54, 1.807) is 18.7 Å². The van der Waals surface area contributed by atoms with Crippen molar-refractivity contribution in [2.24, 2.45) is 5.92 Å². The van der Waals surface area contributed by atoms with Crippen LogP contribution < -0.4 is 0 Å². The molecule has 4 nitrogen and oxygen atoms in total. The third-order valence-corrected chi connectivity index (χ3v) is 2.61. The quantitative estimate of drug-likeness (QED) is 0.647. The Kier molecular flexibility index (Phi) is 3.37. The molecular weight excluding hydrogens is 194 g/mol. The second kappa shape index (κ2) is 4.21. The highest BCUT2D eigenvalue weighted by molar-refractivity contribution is 5.88. The monoisotopic (exact) mass is 213 g/mol. The number of amides is 1. The predicted molar refractivity (Wildman–Crippen MR) is 56.2 cm³/mol. The number of nitrogens with zero attached hydrogens (tertiary/aromatic N) is 1. The smallest absolute Gasteiger partial charge is 0.331 e. The molecular formula is C11H19NO3. The molecule has 1 fully saturated rings. The van der Waals surface area contributed by atoms with Crippen molar-refractivity contribution in [1.82, 2.24) is 4.90 Å². The summed E-state index contributed by atoms with van der Waals surface area (Å²) in [6.45, 7) is 8.26. The molecule has 1 aliphatic heterocycles. The Morgan fingerprint density at radius 2 is 2.13 bits per heavy atom. The first-order valence-electron chi connectivity index (χ1n) is 5.33. The van der Waals surface area contributed by atoms with E-state index in [2.05, 4.69) is 0 Å². The van der Waals surface area contributed by atoms with Crippen LogP contribution in [0.3, 0.4) is 0 Å². The zero-order valence-electron chi connectivity index (χ0n) is 9.87. The molecule has 15 heavy (non-hydrogen) atoms. The maximum atomic E-state index is 11.9. The summed E-state index contributed by atoms with van der Waals surface area (Å²) in [6, 6.07) is 0. The van der Waals surface area contributed by atoms with Crippen LogP contribution in [0.2, 0.25) is 0 Å². The molecule has 0 atom stereocenters. The molecule has 0 bridgehead atoms. The van der Waals surface area contributed by atoms with E-state index in [-0.39, 0.29) is 11.9 Å². The topological polar surface area (TPSA) is 46.6 Å². The van der Waals surface area contributed by atoms with E-state index in [9.17, 15) is 9.59 Å². The Hall–Kier alpha value is -1.06. The fraction of sp³-hybridized carbons (Fsp3) is 0.818. The molecule has 0 aromatic heterocycles. The van der Waals surface area contributed by atoms with Gasteiger partial charge in [0.05, 0.1) is 6.54 Å². The van der Waals surface area contributed by atoms with E-state index in [4.69, 9.17) is 4.74 Å². The van der Waals surface area contributed by atoms with Crippen LogP contribution in [-0.2, 0) is 14.3 Å². The van der Waals surface area contributed by atoms with Gasteiger partial charge in [-0.3, -0.25) is 4.79 Å². The lowest BCUT2D eigenvalue weighted by Gasteiger charge is -2.40. The summed E-state index contributed by atoms with van der Waals surface area (Å²) in [5.74, 6) is 0.0313. The molecule has 0 aliphatic carbocycles. The first kappa shape index (κ1) is 12.0. The van der Waals surface area contributed by atoms with E-state index >= 15 is 0 Å². The molecule has 4 heteroatoms. The second-order valence-corrected chi connectivity index (χ2v) is 4.84. The number of ether oxygens (including phenoxy) is 1. The molecule has 0 aromatic rings. The fourth-order valence-corrected chi connectivity index (χ4v) is 1.69. The van der Waals surface area contributed by atoms with E-state index in [0.29, 0.717) is 25.5 Å². The molecule has 1 rings (SSSR count). The van der Waals surface area contributed by atoms with Gasteiger partial charge < -0.3 is 9.64 Å². The van der Waals surface area contributed by atoms with Crippen LogP contribution in [0.4, 0.5) is 0 Å². The summed E-state index contributed by atoms with van der Waals surface area (Å²) in [6.07, 6.45) is 0.483. The lowest BCUT2D eigenvalue weighted by Crippen LogP contribution is -2.58.